The number of amides is 1. The van der Waals surface area contributed by atoms with Gasteiger partial charge in [-0.25, -0.2) is 8.42 Å². The van der Waals surface area contributed by atoms with Crippen LogP contribution in [-0.4, -0.2) is 44.3 Å². The van der Waals surface area contributed by atoms with Gasteiger partial charge in [-0.1, -0.05) is 0 Å². The number of rotatable bonds is 5. The van der Waals surface area contributed by atoms with E-state index in [1.165, 1.54) is 12.8 Å². The van der Waals surface area contributed by atoms with E-state index in [0.717, 1.165) is 49.4 Å². The molecule has 2 heterocycles. The third kappa shape index (κ3) is 4.83. The van der Waals surface area contributed by atoms with Crippen molar-refractivity contribution in [3.63, 3.8) is 0 Å². The molecule has 1 aliphatic carbocycles. The van der Waals surface area contributed by atoms with Crippen molar-refractivity contribution in [3.05, 3.63) is 23.8 Å². The van der Waals surface area contributed by atoms with Crippen molar-refractivity contribution >= 4 is 34.0 Å². The lowest BCUT2D eigenvalue weighted by atomic mass is 10.1. The molecule has 0 spiro atoms. The summed E-state index contributed by atoms with van der Waals surface area (Å²) in [5.74, 6) is 0.844. The fourth-order valence-electron chi connectivity index (χ4n) is 3.82. The molecule has 1 aromatic carbocycles. The van der Waals surface area contributed by atoms with E-state index in [-0.39, 0.29) is 18.3 Å². The maximum atomic E-state index is 13.0. The Labute approximate surface area is 167 Å². The zero-order chi connectivity index (χ0) is 18.1. The summed E-state index contributed by atoms with van der Waals surface area (Å²) in [6, 6.07) is 5.53. The van der Waals surface area contributed by atoms with Crippen LogP contribution in [0.4, 0.5) is 5.69 Å². The molecule has 8 heteroatoms. The van der Waals surface area contributed by atoms with Crippen molar-refractivity contribution in [2.24, 2.45) is 5.92 Å². The first-order valence-electron chi connectivity index (χ1n) is 9.69. The predicted octanol–water partition coefficient (Wildman–Crippen LogP) is 2.54. The molecule has 150 valence electrons. The van der Waals surface area contributed by atoms with Crippen LogP contribution in [-0.2, 0) is 21.2 Å². The fourth-order valence-corrected chi connectivity index (χ4v) is 5.34. The molecule has 2 aliphatic heterocycles. The highest BCUT2D eigenvalue weighted by molar-refractivity contribution is 7.89. The monoisotopic (exact) mass is 413 g/mol. The van der Waals surface area contributed by atoms with Crippen molar-refractivity contribution in [1.82, 2.24) is 9.62 Å². The number of nitrogens with one attached hydrogen (secondary N) is 2. The minimum atomic E-state index is -3.47. The molecule has 1 saturated heterocycles. The molecule has 0 radical (unpaired) electrons. The standard InChI is InChI=1S/C19H27N3O3S.ClH/c23-19-3-1-2-15-12-17(6-7-18(15)21-19)26(24,25)22-10-8-16(9-11-22)20-13-14-4-5-14;/h6-7,12,14,16,20H,1-5,8-11,13H2,(H,21,23);1H. The van der Waals surface area contributed by atoms with Gasteiger partial charge in [-0.05, 0) is 74.8 Å². The smallest absolute Gasteiger partial charge is 0.243 e. The lowest BCUT2D eigenvalue weighted by Crippen LogP contribution is -2.45. The number of piperidine rings is 1. The summed E-state index contributed by atoms with van der Waals surface area (Å²) in [5.41, 5.74) is 1.66. The molecule has 4 rings (SSSR count). The van der Waals surface area contributed by atoms with E-state index in [4.69, 9.17) is 0 Å². The molecule has 1 amide bonds. The Morgan fingerprint density at radius 3 is 2.56 bits per heavy atom. The number of aryl methyl sites for hydroxylation is 1. The van der Waals surface area contributed by atoms with E-state index in [2.05, 4.69) is 10.6 Å². The second kappa shape index (κ2) is 8.47. The Balaban J connectivity index is 0.00000210. The summed E-state index contributed by atoms with van der Waals surface area (Å²) in [5, 5.41) is 6.44. The number of sulfonamides is 1. The lowest BCUT2D eigenvalue weighted by molar-refractivity contribution is -0.116. The van der Waals surface area contributed by atoms with Gasteiger partial charge in [0.1, 0.15) is 0 Å². The number of fused-ring (bicyclic) bond motifs is 1. The number of hydrogen-bond donors (Lipinski definition) is 2. The van der Waals surface area contributed by atoms with Gasteiger partial charge in [0, 0.05) is 31.2 Å². The van der Waals surface area contributed by atoms with E-state index < -0.39 is 10.0 Å². The largest absolute Gasteiger partial charge is 0.326 e. The lowest BCUT2D eigenvalue weighted by Gasteiger charge is -2.32. The van der Waals surface area contributed by atoms with Crippen molar-refractivity contribution in [2.75, 3.05) is 25.0 Å². The van der Waals surface area contributed by atoms with Crippen LogP contribution >= 0.6 is 12.4 Å². The van der Waals surface area contributed by atoms with Gasteiger partial charge in [-0.2, -0.15) is 4.31 Å². The SMILES string of the molecule is Cl.O=C1CCCc2cc(S(=O)(=O)N3CCC(NCC4CC4)CC3)ccc2N1. The zero-order valence-corrected chi connectivity index (χ0v) is 17.1. The summed E-state index contributed by atoms with van der Waals surface area (Å²) in [4.78, 5) is 12.0. The molecular weight excluding hydrogens is 386 g/mol. The summed E-state index contributed by atoms with van der Waals surface area (Å²) < 4.78 is 27.7. The Hall–Kier alpha value is -1.15. The Bertz CT molecular complexity index is 787. The number of benzene rings is 1. The molecule has 3 aliphatic rings. The van der Waals surface area contributed by atoms with Gasteiger partial charge in [0.05, 0.1) is 4.90 Å². The Morgan fingerprint density at radius 1 is 1.11 bits per heavy atom. The van der Waals surface area contributed by atoms with Crippen LogP contribution in [0.2, 0.25) is 0 Å². The molecule has 2 fully saturated rings. The van der Waals surface area contributed by atoms with E-state index >= 15 is 0 Å². The van der Waals surface area contributed by atoms with Crippen LogP contribution in [0.25, 0.3) is 0 Å². The number of halogens is 1. The first-order valence-corrected chi connectivity index (χ1v) is 11.1. The predicted molar refractivity (Wildman–Crippen MR) is 108 cm³/mol. The minimum Gasteiger partial charge on any atom is -0.326 e. The molecule has 0 unspecified atom stereocenters. The number of nitrogens with zero attached hydrogens (tertiary/aromatic N) is 1. The van der Waals surface area contributed by atoms with Gasteiger partial charge in [-0.3, -0.25) is 4.79 Å². The molecule has 2 N–H and O–H groups in total. The maximum absolute atomic E-state index is 13.0. The molecule has 0 atom stereocenters. The van der Waals surface area contributed by atoms with Crippen LogP contribution in [0.3, 0.4) is 0 Å². The summed E-state index contributed by atoms with van der Waals surface area (Å²) >= 11 is 0. The van der Waals surface area contributed by atoms with Crippen LogP contribution in [0, 0.1) is 5.92 Å². The van der Waals surface area contributed by atoms with E-state index in [0.29, 0.717) is 30.4 Å². The second-order valence-electron chi connectivity index (χ2n) is 7.75. The van der Waals surface area contributed by atoms with Crippen LogP contribution < -0.4 is 10.6 Å². The van der Waals surface area contributed by atoms with Crippen molar-refractivity contribution in [1.29, 1.82) is 0 Å². The molecule has 0 bridgehead atoms. The first kappa shape index (κ1) is 20.6. The number of carbonyl (C=O) groups is 1. The van der Waals surface area contributed by atoms with Crippen LogP contribution in [0.15, 0.2) is 23.1 Å². The Morgan fingerprint density at radius 2 is 1.85 bits per heavy atom. The van der Waals surface area contributed by atoms with Gasteiger partial charge in [0.2, 0.25) is 15.9 Å². The van der Waals surface area contributed by atoms with Gasteiger partial charge in [0.25, 0.3) is 0 Å². The summed E-state index contributed by atoms with van der Waals surface area (Å²) in [6.45, 7) is 2.21. The zero-order valence-electron chi connectivity index (χ0n) is 15.4. The third-order valence-electron chi connectivity index (χ3n) is 5.68. The average Bonchev–Trinajstić information content (AvgIpc) is 3.46. The van der Waals surface area contributed by atoms with Crippen molar-refractivity contribution in [2.45, 2.75) is 55.9 Å². The first-order chi connectivity index (χ1) is 12.5. The number of carbonyl (C=O) groups excluding carboxylic acids is 1. The van der Waals surface area contributed by atoms with Crippen molar-refractivity contribution < 1.29 is 13.2 Å². The van der Waals surface area contributed by atoms with E-state index in [1.54, 1.807) is 22.5 Å². The van der Waals surface area contributed by atoms with Gasteiger partial charge < -0.3 is 10.6 Å². The fraction of sp³-hybridized carbons (Fsp3) is 0.632. The van der Waals surface area contributed by atoms with Gasteiger partial charge in [0.15, 0.2) is 0 Å². The normalized spacial score (nSPS) is 21.7. The summed E-state index contributed by atoms with van der Waals surface area (Å²) in [7, 11) is -3.47. The van der Waals surface area contributed by atoms with Gasteiger partial charge >= 0.3 is 0 Å². The second-order valence-corrected chi connectivity index (χ2v) is 9.69. The topological polar surface area (TPSA) is 78.5 Å². The minimum absolute atomic E-state index is 0. The highest BCUT2D eigenvalue weighted by Crippen LogP contribution is 2.29. The molecule has 6 nitrogen and oxygen atoms in total. The highest BCUT2D eigenvalue weighted by Gasteiger charge is 2.31. The Kier molecular flexibility index (Phi) is 6.46. The van der Waals surface area contributed by atoms with E-state index in [9.17, 15) is 13.2 Å². The summed E-state index contributed by atoms with van der Waals surface area (Å²) in [6.07, 6.45) is 6.36. The third-order valence-corrected chi connectivity index (χ3v) is 7.58. The van der Waals surface area contributed by atoms with Crippen molar-refractivity contribution in [3.8, 4) is 0 Å². The highest BCUT2D eigenvalue weighted by atomic mass is 35.5. The maximum Gasteiger partial charge on any atom is 0.243 e. The molecule has 1 saturated carbocycles. The van der Waals surface area contributed by atoms with Crippen LogP contribution in [0.5, 0.6) is 0 Å². The molecular formula is C19H28ClN3O3S. The molecule has 27 heavy (non-hydrogen) atoms. The van der Waals surface area contributed by atoms with Gasteiger partial charge in [-0.15, -0.1) is 12.4 Å². The van der Waals surface area contributed by atoms with E-state index in [1.807, 2.05) is 0 Å². The van der Waals surface area contributed by atoms with Crippen LogP contribution in [0.1, 0.15) is 44.1 Å². The number of hydrogen-bond acceptors (Lipinski definition) is 4. The quantitative estimate of drug-likeness (QED) is 0.777. The molecule has 1 aromatic rings. The molecule has 0 aromatic heterocycles. The average molecular weight is 414 g/mol. The number of anilines is 1.